The zero-order valence-corrected chi connectivity index (χ0v) is 19.4. The molecule has 8 nitrogen and oxygen atoms in total. The molecular weight excluding hydrogens is 430 g/mol. The molecule has 0 spiro atoms. The van der Waals surface area contributed by atoms with Gasteiger partial charge in [-0.2, -0.15) is 0 Å². The highest BCUT2D eigenvalue weighted by Gasteiger charge is 2.35. The fourth-order valence-corrected chi connectivity index (χ4v) is 4.22. The van der Waals surface area contributed by atoms with Gasteiger partial charge < -0.3 is 14.4 Å². The van der Waals surface area contributed by atoms with E-state index < -0.39 is 11.0 Å². The summed E-state index contributed by atoms with van der Waals surface area (Å²) in [5.41, 5.74) is 2.14. The van der Waals surface area contributed by atoms with Crippen LogP contribution in [0, 0.1) is 10.1 Å². The number of amidine groups is 1. The van der Waals surface area contributed by atoms with Gasteiger partial charge in [-0.1, -0.05) is 42.1 Å². The molecule has 2 aromatic rings. The SMILES string of the molecule is COc1cc([C@@H]2N=C(SC)N(C)C(C)=C2C(C)=O)c([N+](=O)[O-])cc1OCc1ccccc1. The summed E-state index contributed by atoms with van der Waals surface area (Å²) in [6.07, 6.45) is 1.87. The molecule has 1 aliphatic rings. The van der Waals surface area contributed by atoms with Crippen LogP contribution < -0.4 is 9.47 Å². The Morgan fingerprint density at radius 3 is 2.50 bits per heavy atom. The van der Waals surface area contributed by atoms with Crippen molar-refractivity contribution in [3.8, 4) is 11.5 Å². The third-order valence-electron chi connectivity index (χ3n) is 5.30. The molecule has 1 aliphatic heterocycles. The first kappa shape index (κ1) is 23.3. The predicted molar refractivity (Wildman–Crippen MR) is 125 cm³/mol. The van der Waals surface area contributed by atoms with Crippen molar-refractivity contribution in [2.45, 2.75) is 26.5 Å². The highest BCUT2D eigenvalue weighted by atomic mass is 32.2. The van der Waals surface area contributed by atoms with Crippen LogP contribution in [0.25, 0.3) is 0 Å². The van der Waals surface area contributed by atoms with E-state index in [1.165, 1.54) is 31.9 Å². The summed E-state index contributed by atoms with van der Waals surface area (Å²) in [5.74, 6) is 0.390. The summed E-state index contributed by atoms with van der Waals surface area (Å²) < 4.78 is 11.3. The van der Waals surface area contributed by atoms with E-state index in [1.54, 1.807) is 6.07 Å². The number of ketones is 1. The van der Waals surface area contributed by atoms with Crippen molar-refractivity contribution < 1.29 is 19.2 Å². The maximum absolute atomic E-state index is 12.5. The minimum Gasteiger partial charge on any atom is -0.493 e. The van der Waals surface area contributed by atoms with Crippen molar-refractivity contribution >= 4 is 28.4 Å². The summed E-state index contributed by atoms with van der Waals surface area (Å²) in [7, 11) is 3.29. The summed E-state index contributed by atoms with van der Waals surface area (Å²) in [5, 5.41) is 12.7. The molecule has 1 heterocycles. The molecule has 0 unspecified atom stereocenters. The molecule has 32 heavy (non-hydrogen) atoms. The molecule has 0 fully saturated rings. The smallest absolute Gasteiger partial charge is 0.279 e. The van der Waals surface area contributed by atoms with Crippen molar-refractivity contribution in [3.05, 3.63) is 75.0 Å². The fraction of sp³-hybridized carbons (Fsp3) is 0.304. The van der Waals surface area contributed by atoms with Crippen molar-refractivity contribution in [2.24, 2.45) is 4.99 Å². The van der Waals surface area contributed by atoms with Crippen LogP contribution in [0.1, 0.15) is 31.0 Å². The number of thioether (sulfide) groups is 1. The van der Waals surface area contributed by atoms with Gasteiger partial charge in [0.2, 0.25) is 0 Å². The number of Topliss-reactive ketones (excluding diaryl/α,β-unsaturated/α-hetero) is 1. The third-order valence-corrected chi connectivity index (χ3v) is 6.04. The van der Waals surface area contributed by atoms with E-state index in [2.05, 4.69) is 4.99 Å². The Balaban J connectivity index is 2.12. The number of hydrogen-bond acceptors (Lipinski definition) is 8. The standard InChI is InChI=1S/C23H25N3O5S/c1-14-21(15(2)27)22(24-23(32-5)25(14)3)17-11-19(30-4)20(12-18(17)26(28)29)31-13-16-9-7-6-8-10-16/h6-12,22H,13H2,1-5H3/t22-/m0/s1. The lowest BCUT2D eigenvalue weighted by atomic mass is 9.92. The van der Waals surface area contributed by atoms with Crippen molar-refractivity contribution in [3.63, 3.8) is 0 Å². The average Bonchev–Trinajstić information content (AvgIpc) is 2.79. The van der Waals surface area contributed by atoms with Crippen LogP contribution in [-0.4, -0.2) is 41.2 Å². The van der Waals surface area contributed by atoms with Crippen LogP contribution in [0.4, 0.5) is 5.69 Å². The van der Waals surface area contributed by atoms with Gasteiger partial charge in [-0.05, 0) is 31.7 Å². The summed E-state index contributed by atoms with van der Waals surface area (Å²) in [6.45, 7) is 3.49. The zero-order chi connectivity index (χ0) is 23.4. The second kappa shape index (κ2) is 9.86. The Morgan fingerprint density at radius 1 is 1.25 bits per heavy atom. The average molecular weight is 456 g/mol. The topological polar surface area (TPSA) is 94.3 Å². The number of nitrogens with zero attached hydrogens (tertiary/aromatic N) is 3. The highest BCUT2D eigenvalue weighted by molar-refractivity contribution is 8.13. The van der Waals surface area contributed by atoms with Gasteiger partial charge in [-0.25, -0.2) is 4.99 Å². The predicted octanol–water partition coefficient (Wildman–Crippen LogP) is 4.75. The number of rotatable bonds is 7. The van der Waals surface area contributed by atoms with Crippen molar-refractivity contribution in [1.82, 2.24) is 4.90 Å². The second-order valence-corrected chi connectivity index (χ2v) is 8.00. The monoisotopic (exact) mass is 455 g/mol. The lowest BCUT2D eigenvalue weighted by Crippen LogP contribution is -2.31. The molecule has 2 aromatic carbocycles. The van der Waals surface area contributed by atoms with E-state index in [0.29, 0.717) is 22.2 Å². The molecule has 0 aliphatic carbocycles. The third kappa shape index (κ3) is 4.62. The molecular formula is C23H25N3O5S. The van der Waals surface area contributed by atoms with Gasteiger partial charge in [0.05, 0.1) is 23.7 Å². The number of allylic oxidation sites excluding steroid dienone is 1. The van der Waals surface area contributed by atoms with Gasteiger partial charge in [0.25, 0.3) is 5.69 Å². The Hall–Kier alpha value is -3.33. The molecule has 3 rings (SSSR count). The lowest BCUT2D eigenvalue weighted by molar-refractivity contribution is -0.385. The zero-order valence-electron chi connectivity index (χ0n) is 18.6. The molecule has 0 N–H and O–H groups in total. The maximum Gasteiger partial charge on any atom is 0.279 e. The molecule has 0 radical (unpaired) electrons. The van der Waals surface area contributed by atoms with E-state index >= 15 is 0 Å². The van der Waals surface area contributed by atoms with E-state index in [0.717, 1.165) is 5.56 Å². The molecule has 0 saturated heterocycles. The van der Waals surface area contributed by atoms with E-state index in [4.69, 9.17) is 9.47 Å². The number of aliphatic imine (C=N–C) groups is 1. The molecule has 9 heteroatoms. The Morgan fingerprint density at radius 2 is 1.94 bits per heavy atom. The highest BCUT2D eigenvalue weighted by Crippen LogP contribution is 2.44. The maximum atomic E-state index is 12.5. The van der Waals surface area contributed by atoms with Crippen molar-refractivity contribution in [2.75, 3.05) is 20.4 Å². The number of carbonyl (C=O) groups excluding carboxylic acids is 1. The second-order valence-electron chi connectivity index (χ2n) is 7.23. The summed E-state index contributed by atoms with van der Waals surface area (Å²) >= 11 is 1.41. The number of hydrogen-bond donors (Lipinski definition) is 0. The number of benzene rings is 2. The molecule has 168 valence electrons. The molecule has 0 saturated carbocycles. The van der Waals surface area contributed by atoms with Gasteiger partial charge in [0.1, 0.15) is 12.6 Å². The first-order valence-electron chi connectivity index (χ1n) is 9.88. The van der Waals surface area contributed by atoms with Gasteiger partial charge in [0, 0.05) is 18.3 Å². The largest absolute Gasteiger partial charge is 0.493 e. The number of nitro benzene ring substituents is 1. The van der Waals surface area contributed by atoms with E-state index in [1.807, 2.05) is 55.5 Å². The van der Waals surface area contributed by atoms with Crippen LogP contribution in [0.15, 0.2) is 58.7 Å². The Labute approximate surface area is 191 Å². The van der Waals surface area contributed by atoms with Crippen LogP contribution in [-0.2, 0) is 11.4 Å². The molecule has 0 bridgehead atoms. The van der Waals surface area contributed by atoms with Gasteiger partial charge in [-0.3, -0.25) is 14.9 Å². The van der Waals surface area contributed by atoms with Gasteiger partial charge >= 0.3 is 0 Å². The summed E-state index contributed by atoms with van der Waals surface area (Å²) in [4.78, 5) is 30.5. The quantitative estimate of drug-likeness (QED) is 0.439. The van der Waals surface area contributed by atoms with Crippen LogP contribution >= 0.6 is 11.8 Å². The number of methoxy groups -OCH3 is 1. The van der Waals surface area contributed by atoms with Crippen LogP contribution in [0.3, 0.4) is 0 Å². The summed E-state index contributed by atoms with van der Waals surface area (Å²) in [6, 6.07) is 11.6. The first-order valence-corrected chi connectivity index (χ1v) is 11.1. The van der Waals surface area contributed by atoms with Gasteiger partial charge in [0.15, 0.2) is 22.4 Å². The Kier molecular flexibility index (Phi) is 7.19. The molecule has 1 atom stereocenters. The van der Waals surface area contributed by atoms with Crippen LogP contribution in [0.2, 0.25) is 0 Å². The fourth-order valence-electron chi connectivity index (χ4n) is 3.60. The molecule has 0 aromatic heterocycles. The lowest BCUT2D eigenvalue weighted by Gasteiger charge is -2.31. The minimum atomic E-state index is -0.816. The van der Waals surface area contributed by atoms with Gasteiger partial charge in [-0.15, -0.1) is 0 Å². The van der Waals surface area contributed by atoms with E-state index in [-0.39, 0.29) is 29.4 Å². The van der Waals surface area contributed by atoms with Crippen LogP contribution in [0.5, 0.6) is 11.5 Å². The van der Waals surface area contributed by atoms with Crippen molar-refractivity contribution in [1.29, 1.82) is 0 Å². The van der Waals surface area contributed by atoms with E-state index in [9.17, 15) is 14.9 Å². The Bertz CT molecular complexity index is 1100. The number of carbonyl (C=O) groups is 1. The minimum absolute atomic E-state index is 0.181. The normalized spacial score (nSPS) is 16.0. The molecule has 0 amide bonds. The number of ether oxygens (including phenoxy) is 2. The number of nitro groups is 1. The first-order chi connectivity index (χ1) is 15.3.